The minimum atomic E-state index is -0.889. The van der Waals surface area contributed by atoms with Gasteiger partial charge in [0.15, 0.2) is 5.16 Å². The van der Waals surface area contributed by atoms with Crippen LogP contribution in [0.2, 0.25) is 0 Å². The van der Waals surface area contributed by atoms with Crippen LogP contribution in [-0.2, 0) is 4.79 Å². The first-order valence-corrected chi connectivity index (χ1v) is 10.3. The second-order valence-electron chi connectivity index (χ2n) is 6.80. The lowest BCUT2D eigenvalue weighted by molar-refractivity contribution is -0.127. The predicted molar refractivity (Wildman–Crippen MR) is 115 cm³/mol. The molecule has 0 saturated carbocycles. The minimum Gasteiger partial charge on any atom is -0.338 e. The van der Waals surface area contributed by atoms with Gasteiger partial charge in [0.05, 0.1) is 22.3 Å². The van der Waals surface area contributed by atoms with Gasteiger partial charge in [-0.1, -0.05) is 36.0 Å². The van der Waals surface area contributed by atoms with Crippen LogP contribution in [0.4, 0.5) is 8.78 Å². The maximum Gasteiger partial charge on any atom is 0.266 e. The van der Waals surface area contributed by atoms with Gasteiger partial charge in [-0.15, -0.1) is 0 Å². The van der Waals surface area contributed by atoms with E-state index in [2.05, 4.69) is 11.6 Å². The van der Waals surface area contributed by atoms with Crippen LogP contribution in [0.3, 0.4) is 0 Å². The van der Waals surface area contributed by atoms with Crippen LogP contribution < -0.4 is 5.56 Å². The molecule has 3 rings (SSSR count). The molecule has 0 radical (unpaired) electrons. The monoisotopic (exact) mass is 429 g/mol. The number of rotatable bonds is 7. The Bertz CT molecular complexity index is 1180. The molecule has 3 aromatic rings. The van der Waals surface area contributed by atoms with Crippen molar-refractivity contribution in [2.24, 2.45) is 0 Å². The van der Waals surface area contributed by atoms with Gasteiger partial charge in [0.25, 0.3) is 5.56 Å². The van der Waals surface area contributed by atoms with E-state index in [-0.39, 0.29) is 22.5 Å². The topological polar surface area (TPSA) is 55.2 Å². The fourth-order valence-electron chi connectivity index (χ4n) is 3.00. The molecule has 0 atom stereocenters. The summed E-state index contributed by atoms with van der Waals surface area (Å²) < 4.78 is 29.0. The van der Waals surface area contributed by atoms with Gasteiger partial charge in [0, 0.05) is 19.2 Å². The zero-order valence-electron chi connectivity index (χ0n) is 16.7. The summed E-state index contributed by atoms with van der Waals surface area (Å²) in [6.07, 6.45) is 0. The number of hydrogen-bond donors (Lipinski definition) is 0. The predicted octanol–water partition coefficient (Wildman–Crippen LogP) is 4.18. The Morgan fingerprint density at radius 3 is 2.63 bits per heavy atom. The van der Waals surface area contributed by atoms with E-state index in [4.69, 9.17) is 0 Å². The van der Waals surface area contributed by atoms with Crippen LogP contribution in [0.1, 0.15) is 13.8 Å². The molecule has 0 aliphatic heterocycles. The molecular formula is C22H21F2N3O2S. The molecule has 0 aliphatic carbocycles. The summed E-state index contributed by atoms with van der Waals surface area (Å²) in [5.41, 5.74) is 0.675. The molecule has 1 heterocycles. The van der Waals surface area contributed by atoms with Crippen LogP contribution >= 0.6 is 11.8 Å². The molecule has 0 saturated heterocycles. The highest BCUT2D eigenvalue weighted by atomic mass is 32.2. The van der Waals surface area contributed by atoms with E-state index in [9.17, 15) is 18.4 Å². The van der Waals surface area contributed by atoms with Gasteiger partial charge in [0.1, 0.15) is 11.6 Å². The summed E-state index contributed by atoms with van der Waals surface area (Å²) in [4.78, 5) is 31.8. The van der Waals surface area contributed by atoms with E-state index in [1.54, 1.807) is 29.2 Å². The third-order valence-corrected chi connectivity index (χ3v) is 5.34. The molecular weight excluding hydrogens is 408 g/mol. The number of likely N-dealkylation sites (N-methyl/N-ethyl adjacent to an activating group) is 1. The molecule has 0 bridgehead atoms. The summed E-state index contributed by atoms with van der Waals surface area (Å²) in [5, 5.41) is 0.457. The Hall–Kier alpha value is -3.00. The van der Waals surface area contributed by atoms with Gasteiger partial charge in [-0.3, -0.25) is 14.2 Å². The number of hydrogen-bond acceptors (Lipinski definition) is 4. The number of carbonyl (C=O) groups excluding carboxylic acids is 1. The largest absolute Gasteiger partial charge is 0.338 e. The summed E-state index contributed by atoms with van der Waals surface area (Å²) in [7, 11) is 0. The van der Waals surface area contributed by atoms with Gasteiger partial charge >= 0.3 is 0 Å². The van der Waals surface area contributed by atoms with Crippen LogP contribution in [0, 0.1) is 11.6 Å². The number of aromatic nitrogens is 2. The Labute approximate surface area is 177 Å². The van der Waals surface area contributed by atoms with Gasteiger partial charge in [0.2, 0.25) is 5.91 Å². The van der Waals surface area contributed by atoms with Crippen molar-refractivity contribution in [1.29, 1.82) is 0 Å². The first-order valence-electron chi connectivity index (χ1n) is 9.34. The van der Waals surface area contributed by atoms with Crippen molar-refractivity contribution in [3.63, 3.8) is 0 Å². The molecule has 0 spiro atoms. The number of amides is 1. The van der Waals surface area contributed by atoms with Gasteiger partial charge in [-0.2, -0.15) is 0 Å². The fraction of sp³-hybridized carbons (Fsp3) is 0.227. The molecule has 1 amide bonds. The summed E-state index contributed by atoms with van der Waals surface area (Å²) in [6.45, 7) is 8.47. The van der Waals surface area contributed by atoms with E-state index < -0.39 is 17.2 Å². The summed E-state index contributed by atoms with van der Waals surface area (Å²) in [5.74, 6) is -1.78. The van der Waals surface area contributed by atoms with E-state index in [0.717, 1.165) is 28.0 Å². The molecule has 0 unspecified atom stereocenters. The molecule has 1 aromatic heterocycles. The Morgan fingerprint density at radius 1 is 1.23 bits per heavy atom. The second-order valence-corrected chi connectivity index (χ2v) is 7.74. The molecule has 0 N–H and O–H groups in total. The number of nitrogens with zero attached hydrogens (tertiary/aromatic N) is 3. The van der Waals surface area contributed by atoms with Crippen LogP contribution in [0.25, 0.3) is 16.6 Å². The Balaban J connectivity index is 2.06. The number of thioether (sulfide) groups is 1. The van der Waals surface area contributed by atoms with E-state index >= 15 is 0 Å². The molecule has 8 heteroatoms. The average Bonchev–Trinajstić information content (AvgIpc) is 2.71. The van der Waals surface area contributed by atoms with Crippen molar-refractivity contribution < 1.29 is 13.6 Å². The highest BCUT2D eigenvalue weighted by molar-refractivity contribution is 7.99. The molecule has 5 nitrogen and oxygen atoms in total. The van der Waals surface area contributed by atoms with E-state index in [0.29, 0.717) is 30.1 Å². The van der Waals surface area contributed by atoms with Crippen molar-refractivity contribution >= 4 is 28.6 Å². The fourth-order valence-corrected chi connectivity index (χ4v) is 3.91. The lowest BCUT2D eigenvalue weighted by atomic mass is 10.2. The highest BCUT2D eigenvalue weighted by Gasteiger charge is 2.19. The summed E-state index contributed by atoms with van der Waals surface area (Å²) >= 11 is 1.03. The molecule has 2 aromatic carbocycles. The maximum absolute atomic E-state index is 14.5. The molecule has 30 heavy (non-hydrogen) atoms. The van der Waals surface area contributed by atoms with Crippen molar-refractivity contribution in [1.82, 2.24) is 14.5 Å². The average molecular weight is 429 g/mol. The summed E-state index contributed by atoms with van der Waals surface area (Å²) in [6, 6.07) is 9.66. The second kappa shape index (κ2) is 9.21. The quantitative estimate of drug-likeness (QED) is 0.321. The van der Waals surface area contributed by atoms with E-state index in [1.165, 1.54) is 6.07 Å². The number of fused-ring (bicyclic) bond motifs is 1. The molecule has 0 aliphatic rings. The van der Waals surface area contributed by atoms with Crippen LogP contribution in [0.15, 0.2) is 64.6 Å². The first kappa shape index (κ1) is 21.7. The van der Waals surface area contributed by atoms with Gasteiger partial charge in [-0.25, -0.2) is 13.8 Å². The zero-order chi connectivity index (χ0) is 21.8. The highest BCUT2D eigenvalue weighted by Crippen LogP contribution is 2.23. The Kier molecular flexibility index (Phi) is 6.66. The normalized spacial score (nSPS) is 10.9. The number of benzene rings is 2. The van der Waals surface area contributed by atoms with Gasteiger partial charge < -0.3 is 4.90 Å². The lowest BCUT2D eigenvalue weighted by Gasteiger charge is -2.21. The SMILES string of the molecule is C=C(C)CN(CC)C(=O)CSc1nc2ccccc2c(=O)n1-c1ccc(F)cc1F. The van der Waals surface area contributed by atoms with Crippen molar-refractivity contribution in [3.05, 3.63) is 76.6 Å². The third-order valence-electron chi connectivity index (χ3n) is 4.42. The third kappa shape index (κ3) is 4.59. The van der Waals surface area contributed by atoms with E-state index in [1.807, 2.05) is 13.8 Å². The number of para-hydroxylation sites is 1. The standard InChI is InChI=1S/C22H21F2N3O2S/c1-4-26(12-14(2)3)20(28)13-30-22-25-18-8-6-5-7-16(18)21(29)27(22)19-10-9-15(23)11-17(19)24/h5-11H,2,4,12-13H2,1,3H3. The van der Waals surface area contributed by atoms with Crippen molar-refractivity contribution in [3.8, 4) is 5.69 Å². The molecule has 156 valence electrons. The minimum absolute atomic E-state index is 0.00864. The van der Waals surface area contributed by atoms with Crippen molar-refractivity contribution in [2.45, 2.75) is 19.0 Å². The van der Waals surface area contributed by atoms with Crippen LogP contribution in [-0.4, -0.2) is 39.2 Å². The van der Waals surface area contributed by atoms with Crippen LogP contribution in [0.5, 0.6) is 0 Å². The van der Waals surface area contributed by atoms with Crippen molar-refractivity contribution in [2.75, 3.05) is 18.8 Å². The number of carbonyl (C=O) groups is 1. The Morgan fingerprint density at radius 2 is 1.97 bits per heavy atom. The molecule has 0 fully saturated rings. The first-order chi connectivity index (χ1) is 14.3. The zero-order valence-corrected chi connectivity index (χ0v) is 17.5. The lowest BCUT2D eigenvalue weighted by Crippen LogP contribution is -2.33. The van der Waals surface area contributed by atoms with Gasteiger partial charge in [-0.05, 0) is 38.1 Å². The maximum atomic E-state index is 14.5. The number of halogens is 2. The smallest absolute Gasteiger partial charge is 0.266 e.